The largest absolute Gasteiger partial charge is 0.488 e. The summed E-state index contributed by atoms with van der Waals surface area (Å²) >= 11 is 5.83. The fourth-order valence-corrected chi connectivity index (χ4v) is 7.40. The Balaban J connectivity index is 0.000000246. The van der Waals surface area contributed by atoms with Crippen molar-refractivity contribution < 1.29 is 29.1 Å². The first-order chi connectivity index (χ1) is 32.0. The molecule has 0 saturated heterocycles. The van der Waals surface area contributed by atoms with Gasteiger partial charge in [0.15, 0.2) is 0 Å². The van der Waals surface area contributed by atoms with Crippen LogP contribution in [0.15, 0.2) is 73.3 Å². The molecule has 0 saturated carbocycles. The molecule has 2 aliphatic rings. The van der Waals surface area contributed by atoms with Gasteiger partial charge >= 0.3 is 19.3 Å². The van der Waals surface area contributed by atoms with Gasteiger partial charge in [-0.3, -0.25) is 9.97 Å². The van der Waals surface area contributed by atoms with Gasteiger partial charge in [-0.25, -0.2) is 19.6 Å². The van der Waals surface area contributed by atoms with Crippen LogP contribution in [0.25, 0.3) is 22.4 Å². The van der Waals surface area contributed by atoms with Crippen molar-refractivity contribution in [3.05, 3.63) is 112 Å². The molecule has 4 heterocycles. The molecule has 2 N–H and O–H groups in total. The second kappa shape index (κ2) is 22.5. The number of rotatable bonds is 4. The topological polar surface area (TPSA) is 151 Å². The summed E-state index contributed by atoms with van der Waals surface area (Å²) in [7, 11) is -1.40. The minimum atomic E-state index is -1.40. The van der Waals surface area contributed by atoms with E-state index in [1.165, 1.54) is 17.3 Å². The maximum atomic E-state index is 12.4. The number of halogens is 1. The van der Waals surface area contributed by atoms with Gasteiger partial charge in [-0.05, 0) is 127 Å². The summed E-state index contributed by atoms with van der Waals surface area (Å²) in [6.07, 6.45) is 11.8. The number of nitrogens with zero attached hydrogens (tertiary/aromatic N) is 6. The Morgan fingerprint density at radius 3 is 1.21 bits per heavy atom. The average molecular weight is 980 g/mol. The van der Waals surface area contributed by atoms with Crippen molar-refractivity contribution in [3.8, 4) is 11.3 Å². The summed E-state index contributed by atoms with van der Waals surface area (Å²) in [6, 6.07) is 12.7. The van der Waals surface area contributed by atoms with Crippen LogP contribution in [-0.4, -0.2) is 96.5 Å². The third-order valence-electron chi connectivity index (χ3n) is 11.6. The van der Waals surface area contributed by atoms with Crippen molar-refractivity contribution in [2.75, 3.05) is 26.2 Å². The van der Waals surface area contributed by atoms with Gasteiger partial charge < -0.3 is 29.3 Å². The monoisotopic (exact) mass is 979 g/mol. The lowest BCUT2D eigenvalue weighted by molar-refractivity contribution is 0.0260. The Morgan fingerprint density at radius 2 is 0.886 bits per heavy atom. The highest BCUT2D eigenvalue weighted by Gasteiger charge is 2.28. The first-order valence-corrected chi connectivity index (χ1v) is 24.7. The van der Waals surface area contributed by atoms with E-state index in [9.17, 15) is 19.6 Å². The third-order valence-corrected chi connectivity index (χ3v) is 11.7. The van der Waals surface area contributed by atoms with E-state index < -0.39 is 18.3 Å². The van der Waals surface area contributed by atoms with Crippen LogP contribution in [0.3, 0.4) is 0 Å². The quantitative estimate of drug-likeness (QED) is 0.189. The molecule has 12 nitrogen and oxygen atoms in total. The SMILES string of the molecule is CC(C)(C)OC(=O)N1CC=C(c2cncc(-c3cc(C(C)(C)C)cc(C(C)(C)C)c3)n2)CC1.CC(C)(C)OC(=O)N1CC=C(c2cncc(Cl)n2)CC1.CC(C)(C)c1cc(B(O)O)cc(C(C)(C)C)c1. The Hall–Kier alpha value is -5.11. The van der Waals surface area contributed by atoms with E-state index in [4.69, 9.17) is 26.1 Å². The number of carbonyl (C=O) groups is 2. The van der Waals surface area contributed by atoms with E-state index in [-0.39, 0.29) is 33.8 Å². The summed E-state index contributed by atoms with van der Waals surface area (Å²) < 4.78 is 10.8. The van der Waals surface area contributed by atoms with Crippen molar-refractivity contribution in [1.29, 1.82) is 0 Å². The highest BCUT2D eigenvalue weighted by Crippen LogP contribution is 2.34. The molecule has 70 heavy (non-hydrogen) atoms. The molecular weight excluding hydrogens is 899 g/mol. The van der Waals surface area contributed by atoms with Crippen LogP contribution >= 0.6 is 11.6 Å². The molecule has 2 amide bonds. The van der Waals surface area contributed by atoms with Gasteiger partial charge in [0.2, 0.25) is 0 Å². The molecule has 4 aromatic rings. The molecule has 2 aromatic carbocycles. The van der Waals surface area contributed by atoms with E-state index in [0.29, 0.717) is 43.2 Å². The standard InChI is InChI=1S/C28H39N3O2.C14H23BO2.C14H18ClN3O2/c1-26(2,3)21-14-20(15-22(16-21)27(4,5)6)24-18-29-17-23(30-24)19-10-12-31(13-11-19)25(32)33-28(7,8)9;1-13(2,3)10-7-11(14(4,5)6)9-12(8-10)15(16)17;1-14(2,3)20-13(19)18-6-4-10(5-7-18)11-8-16-9-12(15)17-11/h10,14-18H,11-13H2,1-9H3;7-9,16-17H,1-6H3;4,8-9H,5-7H2,1-3H3. The molecule has 0 unspecified atom stereocenters. The smallest absolute Gasteiger partial charge is 0.444 e. The number of hydrogen-bond donors (Lipinski definition) is 2. The summed E-state index contributed by atoms with van der Waals surface area (Å²) in [5.41, 5.74) is 10.3. The zero-order valence-electron chi connectivity index (χ0n) is 45.3. The molecule has 0 aliphatic carbocycles. The normalized spacial score (nSPS) is 14.8. The molecule has 6 rings (SSSR count). The lowest BCUT2D eigenvalue weighted by atomic mass is 9.72. The van der Waals surface area contributed by atoms with Crippen molar-refractivity contribution in [3.63, 3.8) is 0 Å². The highest BCUT2D eigenvalue weighted by atomic mass is 35.5. The van der Waals surface area contributed by atoms with E-state index in [1.807, 2.05) is 72.1 Å². The van der Waals surface area contributed by atoms with Gasteiger partial charge in [0, 0.05) is 31.7 Å². The van der Waals surface area contributed by atoms with Gasteiger partial charge in [-0.15, -0.1) is 0 Å². The minimum absolute atomic E-state index is 0.00486. The second-order valence-corrected chi connectivity index (χ2v) is 24.7. The van der Waals surface area contributed by atoms with Crippen molar-refractivity contribution in [1.82, 2.24) is 29.7 Å². The number of ether oxygens (including phenoxy) is 2. The number of carbonyl (C=O) groups excluding carboxylic acids is 2. The Morgan fingerprint density at radius 1 is 0.529 bits per heavy atom. The van der Waals surface area contributed by atoms with Crippen LogP contribution in [0.4, 0.5) is 9.59 Å². The van der Waals surface area contributed by atoms with E-state index in [1.54, 1.807) is 16.0 Å². The molecule has 2 aliphatic heterocycles. The highest BCUT2D eigenvalue weighted by molar-refractivity contribution is 6.58. The van der Waals surface area contributed by atoms with Crippen molar-refractivity contribution in [2.24, 2.45) is 0 Å². The lowest BCUT2D eigenvalue weighted by Crippen LogP contribution is -2.39. The number of hydrogen-bond acceptors (Lipinski definition) is 10. The van der Waals surface area contributed by atoms with Crippen LogP contribution in [-0.2, 0) is 31.1 Å². The molecule has 0 bridgehead atoms. The average Bonchev–Trinajstić information content (AvgIpc) is 3.24. The predicted octanol–water partition coefficient (Wildman–Crippen LogP) is 11.9. The molecule has 380 valence electrons. The van der Waals surface area contributed by atoms with Gasteiger partial charge in [0.25, 0.3) is 0 Å². The molecule has 0 fully saturated rings. The summed E-state index contributed by atoms with van der Waals surface area (Å²) in [5.74, 6) is 0. The lowest BCUT2D eigenvalue weighted by Gasteiger charge is -2.29. The van der Waals surface area contributed by atoms with Crippen molar-refractivity contribution in [2.45, 2.75) is 170 Å². The van der Waals surface area contributed by atoms with Crippen molar-refractivity contribution >= 4 is 47.5 Å². The predicted molar refractivity (Wildman–Crippen MR) is 286 cm³/mol. The first kappa shape index (κ1) is 57.5. The van der Waals surface area contributed by atoms with Gasteiger partial charge in [0.1, 0.15) is 16.4 Å². The van der Waals surface area contributed by atoms with E-state index in [0.717, 1.165) is 51.3 Å². The van der Waals surface area contributed by atoms with E-state index in [2.05, 4.69) is 128 Å². The zero-order chi connectivity index (χ0) is 52.8. The number of amides is 2. The van der Waals surface area contributed by atoms with Crippen LogP contribution in [0.2, 0.25) is 5.15 Å². The fourth-order valence-electron chi connectivity index (χ4n) is 7.25. The number of aromatic nitrogens is 4. The van der Waals surface area contributed by atoms with Crippen LogP contribution in [0.1, 0.15) is 171 Å². The second-order valence-electron chi connectivity index (χ2n) is 24.3. The van der Waals surface area contributed by atoms with Crippen LogP contribution in [0, 0.1) is 0 Å². The Kier molecular flexibility index (Phi) is 18.5. The first-order valence-electron chi connectivity index (χ1n) is 24.3. The zero-order valence-corrected chi connectivity index (χ0v) is 46.1. The minimum Gasteiger partial charge on any atom is -0.444 e. The Bertz CT molecular complexity index is 2450. The molecule has 14 heteroatoms. The summed E-state index contributed by atoms with van der Waals surface area (Å²) in [5, 5.41) is 19.1. The maximum Gasteiger partial charge on any atom is 0.488 e. The molecule has 0 atom stereocenters. The molecule has 0 radical (unpaired) electrons. The van der Waals surface area contributed by atoms with Gasteiger partial charge in [-0.2, -0.15) is 0 Å². The summed E-state index contributed by atoms with van der Waals surface area (Å²) in [6.45, 7) is 39.7. The van der Waals surface area contributed by atoms with Gasteiger partial charge in [0.05, 0.1) is 41.9 Å². The van der Waals surface area contributed by atoms with Crippen LogP contribution in [0.5, 0.6) is 0 Å². The molecule has 0 spiro atoms. The molecular formula is C56H80BClN6O6. The number of benzene rings is 2. The fraction of sp³-hybridized carbons (Fsp3) is 0.536. The van der Waals surface area contributed by atoms with Gasteiger partial charge in [-0.1, -0.05) is 131 Å². The van der Waals surface area contributed by atoms with Crippen LogP contribution < -0.4 is 5.46 Å². The third kappa shape index (κ3) is 17.6. The summed E-state index contributed by atoms with van der Waals surface area (Å²) in [4.78, 5) is 45.4. The maximum absolute atomic E-state index is 12.4. The van der Waals surface area contributed by atoms with E-state index >= 15 is 0 Å². The molecule has 2 aromatic heterocycles. The Labute approximate surface area is 424 Å².